The molecule has 152 valence electrons. The van der Waals surface area contributed by atoms with Gasteiger partial charge in [-0.1, -0.05) is 12.1 Å². The van der Waals surface area contributed by atoms with Crippen LogP contribution in [-0.2, 0) is 9.59 Å². The van der Waals surface area contributed by atoms with E-state index < -0.39 is 11.9 Å². The number of carboxylic acid groups (broad SMARTS) is 1. The Morgan fingerprint density at radius 3 is 2.61 bits per heavy atom. The average molecular weight is 387 g/mol. The van der Waals surface area contributed by atoms with Crippen molar-refractivity contribution in [2.24, 2.45) is 11.8 Å². The third kappa shape index (κ3) is 4.46. The number of likely N-dealkylation sites (tertiary alicyclic amines) is 2. The van der Waals surface area contributed by atoms with Gasteiger partial charge in [0.05, 0.1) is 11.8 Å². The van der Waals surface area contributed by atoms with Crippen molar-refractivity contribution in [3.05, 3.63) is 29.8 Å². The van der Waals surface area contributed by atoms with Crippen LogP contribution in [0.2, 0.25) is 0 Å². The molecule has 3 rings (SSSR count). The van der Waals surface area contributed by atoms with Crippen LogP contribution in [0, 0.1) is 18.8 Å². The Labute approximate surface area is 165 Å². The summed E-state index contributed by atoms with van der Waals surface area (Å²) in [5, 5.41) is 12.3. The largest absolute Gasteiger partial charge is 0.481 e. The van der Waals surface area contributed by atoms with Crippen LogP contribution in [0.3, 0.4) is 0 Å². The molecule has 3 amide bonds. The molecule has 1 unspecified atom stereocenters. The SMILES string of the molecule is Cc1cccc(NC(=O)N2CCCC(C(=O)N3CCC[C@@H](C(=O)O)[C@H]3C)C2)c1. The Morgan fingerprint density at radius 2 is 1.89 bits per heavy atom. The van der Waals surface area contributed by atoms with E-state index in [4.69, 9.17) is 0 Å². The van der Waals surface area contributed by atoms with Crippen LogP contribution in [0.25, 0.3) is 0 Å². The van der Waals surface area contributed by atoms with Gasteiger partial charge in [0.1, 0.15) is 0 Å². The Bertz CT molecular complexity index is 751. The van der Waals surface area contributed by atoms with Crippen LogP contribution < -0.4 is 5.32 Å². The van der Waals surface area contributed by atoms with Gasteiger partial charge in [-0.3, -0.25) is 9.59 Å². The zero-order chi connectivity index (χ0) is 20.3. The number of benzene rings is 1. The number of carbonyl (C=O) groups excluding carboxylic acids is 2. The quantitative estimate of drug-likeness (QED) is 0.834. The van der Waals surface area contributed by atoms with Gasteiger partial charge in [-0.2, -0.15) is 0 Å². The van der Waals surface area contributed by atoms with Gasteiger partial charge in [-0.15, -0.1) is 0 Å². The first-order chi connectivity index (χ1) is 13.4. The monoisotopic (exact) mass is 387 g/mol. The molecule has 2 saturated heterocycles. The van der Waals surface area contributed by atoms with E-state index in [9.17, 15) is 19.5 Å². The van der Waals surface area contributed by atoms with Crippen molar-refractivity contribution in [3.63, 3.8) is 0 Å². The van der Waals surface area contributed by atoms with Crippen LogP contribution in [-0.4, -0.2) is 58.5 Å². The number of hydrogen-bond acceptors (Lipinski definition) is 3. The second-order valence-corrected chi connectivity index (χ2v) is 7.94. The number of aliphatic carboxylic acids is 1. The maximum atomic E-state index is 13.1. The first-order valence-corrected chi connectivity index (χ1v) is 10.0. The van der Waals surface area contributed by atoms with Crippen LogP contribution in [0.5, 0.6) is 0 Å². The summed E-state index contributed by atoms with van der Waals surface area (Å²) < 4.78 is 0. The van der Waals surface area contributed by atoms with Gasteiger partial charge in [-0.25, -0.2) is 4.79 Å². The van der Waals surface area contributed by atoms with Gasteiger partial charge in [-0.05, 0) is 57.2 Å². The van der Waals surface area contributed by atoms with Crippen molar-refractivity contribution in [2.45, 2.75) is 45.6 Å². The van der Waals surface area contributed by atoms with Crippen molar-refractivity contribution in [2.75, 3.05) is 25.0 Å². The van der Waals surface area contributed by atoms with Crippen molar-refractivity contribution in [1.82, 2.24) is 9.80 Å². The highest BCUT2D eigenvalue weighted by molar-refractivity contribution is 5.90. The standard InChI is InChI=1S/C21H29N3O4/c1-14-6-3-8-17(12-14)22-21(28)23-10-4-7-16(13-23)19(25)24-11-5-9-18(15(24)2)20(26)27/h3,6,8,12,15-16,18H,4-5,7,9-11,13H2,1-2H3,(H,22,28)(H,26,27)/t15-,16?,18-/m1/s1. The average Bonchev–Trinajstić information content (AvgIpc) is 2.67. The van der Waals surface area contributed by atoms with E-state index >= 15 is 0 Å². The third-order valence-corrected chi connectivity index (χ3v) is 5.92. The molecule has 2 aliphatic rings. The van der Waals surface area contributed by atoms with Crippen LogP contribution in [0.15, 0.2) is 24.3 Å². The molecule has 0 aliphatic carbocycles. The molecule has 7 nitrogen and oxygen atoms in total. The number of amides is 3. The highest BCUT2D eigenvalue weighted by Crippen LogP contribution is 2.28. The third-order valence-electron chi connectivity index (χ3n) is 5.92. The first kappa shape index (κ1) is 20.2. The second-order valence-electron chi connectivity index (χ2n) is 7.94. The number of urea groups is 1. The number of aryl methyl sites for hydroxylation is 1. The van der Waals surface area contributed by atoms with E-state index in [0.717, 1.165) is 24.1 Å². The minimum Gasteiger partial charge on any atom is -0.481 e. The summed E-state index contributed by atoms with van der Waals surface area (Å²) in [6.45, 7) is 5.37. The summed E-state index contributed by atoms with van der Waals surface area (Å²) in [6, 6.07) is 7.11. The highest BCUT2D eigenvalue weighted by Gasteiger charge is 2.39. The normalized spacial score (nSPS) is 25.3. The number of carbonyl (C=O) groups is 3. The van der Waals surface area contributed by atoms with Gasteiger partial charge in [0.2, 0.25) is 5.91 Å². The summed E-state index contributed by atoms with van der Waals surface area (Å²) >= 11 is 0. The van der Waals surface area contributed by atoms with Crippen LogP contribution >= 0.6 is 0 Å². The molecule has 2 aliphatic heterocycles. The number of piperidine rings is 2. The number of carboxylic acids is 1. The van der Waals surface area contributed by atoms with Gasteiger partial charge in [0.25, 0.3) is 0 Å². The molecule has 0 radical (unpaired) electrons. The summed E-state index contributed by atoms with van der Waals surface area (Å²) in [6.07, 6.45) is 2.81. The second kappa shape index (κ2) is 8.63. The number of rotatable bonds is 3. The maximum Gasteiger partial charge on any atom is 0.321 e. The number of nitrogens with zero attached hydrogens (tertiary/aromatic N) is 2. The predicted molar refractivity (Wildman–Crippen MR) is 106 cm³/mol. The Kier molecular flexibility index (Phi) is 6.21. The molecule has 2 N–H and O–H groups in total. The smallest absolute Gasteiger partial charge is 0.321 e. The van der Waals surface area contributed by atoms with Gasteiger partial charge in [0, 0.05) is 31.4 Å². The molecule has 0 bridgehead atoms. The van der Waals surface area contributed by atoms with Gasteiger partial charge in [0.15, 0.2) is 0 Å². The lowest BCUT2D eigenvalue weighted by Crippen LogP contribution is -2.54. The fraction of sp³-hybridized carbons (Fsp3) is 0.571. The summed E-state index contributed by atoms with van der Waals surface area (Å²) in [4.78, 5) is 40.6. The van der Waals surface area contributed by atoms with E-state index in [1.807, 2.05) is 38.1 Å². The molecule has 7 heteroatoms. The summed E-state index contributed by atoms with van der Waals surface area (Å²) in [7, 11) is 0. The number of anilines is 1. The zero-order valence-electron chi connectivity index (χ0n) is 16.6. The Hall–Kier alpha value is -2.57. The fourth-order valence-electron chi connectivity index (χ4n) is 4.31. The molecule has 0 saturated carbocycles. The minimum atomic E-state index is -0.840. The first-order valence-electron chi connectivity index (χ1n) is 10.0. The molecular weight excluding hydrogens is 358 g/mol. The van der Waals surface area contributed by atoms with Crippen molar-refractivity contribution < 1.29 is 19.5 Å². The van der Waals surface area contributed by atoms with Gasteiger partial charge >= 0.3 is 12.0 Å². The van der Waals surface area contributed by atoms with Crippen LogP contribution in [0.1, 0.15) is 38.2 Å². The molecule has 2 heterocycles. The molecule has 0 spiro atoms. The van der Waals surface area contributed by atoms with Gasteiger partial charge < -0.3 is 20.2 Å². The lowest BCUT2D eigenvalue weighted by atomic mass is 9.88. The van der Waals surface area contributed by atoms with Crippen molar-refractivity contribution >= 4 is 23.6 Å². The summed E-state index contributed by atoms with van der Waals surface area (Å²) in [5.74, 6) is -1.65. The zero-order valence-corrected chi connectivity index (χ0v) is 16.6. The molecule has 2 fully saturated rings. The molecule has 28 heavy (non-hydrogen) atoms. The molecule has 3 atom stereocenters. The van der Waals surface area contributed by atoms with E-state index in [2.05, 4.69) is 5.32 Å². The van der Waals surface area contributed by atoms with Crippen molar-refractivity contribution in [3.8, 4) is 0 Å². The lowest BCUT2D eigenvalue weighted by molar-refractivity contribution is -0.151. The lowest BCUT2D eigenvalue weighted by Gasteiger charge is -2.41. The van der Waals surface area contributed by atoms with Crippen molar-refractivity contribution in [1.29, 1.82) is 0 Å². The number of hydrogen-bond donors (Lipinski definition) is 2. The van der Waals surface area contributed by atoms with Crippen LogP contribution in [0.4, 0.5) is 10.5 Å². The van der Waals surface area contributed by atoms with E-state index in [0.29, 0.717) is 32.5 Å². The predicted octanol–water partition coefficient (Wildman–Crippen LogP) is 2.95. The fourth-order valence-corrected chi connectivity index (χ4v) is 4.31. The summed E-state index contributed by atoms with van der Waals surface area (Å²) in [5.41, 5.74) is 1.81. The maximum absolute atomic E-state index is 13.1. The topological polar surface area (TPSA) is 90.0 Å². The molecule has 1 aromatic carbocycles. The Morgan fingerprint density at radius 1 is 1.14 bits per heavy atom. The van der Waals surface area contributed by atoms with E-state index in [1.54, 1.807) is 9.80 Å². The number of nitrogens with one attached hydrogen (secondary N) is 1. The highest BCUT2D eigenvalue weighted by atomic mass is 16.4. The molecular formula is C21H29N3O4. The molecule has 1 aromatic rings. The molecule has 0 aromatic heterocycles. The van der Waals surface area contributed by atoms with E-state index in [-0.39, 0.29) is 23.9 Å². The Balaban J connectivity index is 1.63. The minimum absolute atomic E-state index is 0.0218. The van der Waals surface area contributed by atoms with E-state index in [1.165, 1.54) is 0 Å².